The van der Waals surface area contributed by atoms with E-state index < -0.39 is 16.2 Å². The summed E-state index contributed by atoms with van der Waals surface area (Å²) < 4.78 is 31.7. The lowest BCUT2D eigenvalue weighted by atomic mass is 10.0. The molecule has 0 bridgehead atoms. The quantitative estimate of drug-likeness (QED) is 0.903. The summed E-state index contributed by atoms with van der Waals surface area (Å²) in [5, 5.41) is 9.39. The number of nitrogens with zero attached hydrogens (tertiary/aromatic N) is 3. The minimum Gasteiger partial charge on any atom is -0.478 e. The average molecular weight is 333 g/mol. The summed E-state index contributed by atoms with van der Waals surface area (Å²) >= 11 is 0.894. The molecule has 1 atom stereocenters. The molecule has 2 heterocycles. The van der Waals surface area contributed by atoms with E-state index in [0.717, 1.165) is 28.7 Å². The summed E-state index contributed by atoms with van der Waals surface area (Å²) in [6, 6.07) is 0. The molecule has 118 valence electrons. The normalized spacial score (nSPS) is 20.4. The molecule has 1 aromatic rings. The van der Waals surface area contributed by atoms with Crippen molar-refractivity contribution in [3.05, 3.63) is 11.3 Å². The highest BCUT2D eigenvalue weighted by molar-refractivity contribution is 7.90. The molecule has 1 N–H and O–H groups in total. The molecule has 0 saturated carbocycles. The highest BCUT2D eigenvalue weighted by Gasteiger charge is 2.34. The smallest absolute Gasteiger partial charge is 0.340 e. The van der Waals surface area contributed by atoms with Crippen molar-refractivity contribution in [2.24, 2.45) is 5.92 Å². The summed E-state index contributed by atoms with van der Waals surface area (Å²) in [5.74, 6) is -0.852. The number of aromatic carboxylic acids is 1. The number of anilines is 1. The number of rotatable bonds is 4. The SMILES string of the molecule is Cc1nsc(N(C)S(=O)(=O)N2CCCC(C)C2)c1C(=O)O. The Bertz CT molecular complexity index is 641. The molecule has 0 aromatic carbocycles. The van der Waals surface area contributed by atoms with Crippen molar-refractivity contribution >= 4 is 32.7 Å². The molecule has 9 heteroatoms. The predicted octanol–water partition coefficient (Wildman–Crippen LogP) is 1.56. The second-order valence-corrected chi connectivity index (χ2v) is 8.05. The Kier molecular flexibility index (Phi) is 4.54. The zero-order valence-corrected chi connectivity index (χ0v) is 13.9. The molecule has 1 fully saturated rings. The van der Waals surface area contributed by atoms with Crippen LogP contribution >= 0.6 is 11.5 Å². The van der Waals surface area contributed by atoms with Crippen LogP contribution in [0, 0.1) is 12.8 Å². The molecule has 1 saturated heterocycles. The molecular weight excluding hydrogens is 314 g/mol. The van der Waals surface area contributed by atoms with Gasteiger partial charge in [0.2, 0.25) is 0 Å². The first kappa shape index (κ1) is 16.2. The van der Waals surface area contributed by atoms with Crippen LogP contribution in [0.15, 0.2) is 0 Å². The fourth-order valence-corrected chi connectivity index (χ4v) is 5.04. The number of hydrogen-bond donors (Lipinski definition) is 1. The summed E-state index contributed by atoms with van der Waals surface area (Å²) in [6.07, 6.45) is 1.83. The Morgan fingerprint density at radius 1 is 1.52 bits per heavy atom. The van der Waals surface area contributed by atoms with Gasteiger partial charge in [-0.05, 0) is 37.2 Å². The minimum atomic E-state index is -3.72. The van der Waals surface area contributed by atoms with Gasteiger partial charge in [-0.25, -0.2) is 9.10 Å². The summed E-state index contributed by atoms with van der Waals surface area (Å²) in [5.41, 5.74) is 0.285. The highest BCUT2D eigenvalue weighted by Crippen LogP contribution is 2.31. The molecule has 0 radical (unpaired) electrons. The lowest BCUT2D eigenvalue weighted by Gasteiger charge is -2.33. The van der Waals surface area contributed by atoms with Crippen molar-refractivity contribution in [2.75, 3.05) is 24.4 Å². The number of aryl methyl sites for hydroxylation is 1. The van der Waals surface area contributed by atoms with Crippen molar-refractivity contribution in [3.8, 4) is 0 Å². The van der Waals surface area contributed by atoms with E-state index in [-0.39, 0.29) is 10.6 Å². The van der Waals surface area contributed by atoms with E-state index in [4.69, 9.17) is 0 Å². The minimum absolute atomic E-state index is 0.0452. The monoisotopic (exact) mass is 333 g/mol. The molecule has 0 aliphatic carbocycles. The molecule has 0 amide bonds. The molecule has 1 aliphatic heterocycles. The van der Waals surface area contributed by atoms with Gasteiger partial charge in [0.15, 0.2) is 0 Å². The van der Waals surface area contributed by atoms with E-state index in [2.05, 4.69) is 4.37 Å². The number of hydrogen-bond acceptors (Lipinski definition) is 5. The van der Waals surface area contributed by atoms with E-state index in [1.807, 2.05) is 6.92 Å². The van der Waals surface area contributed by atoms with Gasteiger partial charge in [0, 0.05) is 20.1 Å². The van der Waals surface area contributed by atoms with Crippen LogP contribution in [0.1, 0.15) is 35.8 Å². The molecular formula is C12H19N3O4S2. The van der Waals surface area contributed by atoms with Gasteiger partial charge < -0.3 is 5.11 Å². The third kappa shape index (κ3) is 3.04. The number of carbonyl (C=O) groups is 1. The zero-order chi connectivity index (χ0) is 15.8. The van der Waals surface area contributed by atoms with Crippen LogP contribution in [0.2, 0.25) is 0 Å². The third-order valence-electron chi connectivity index (χ3n) is 3.64. The summed E-state index contributed by atoms with van der Waals surface area (Å²) in [4.78, 5) is 11.3. The predicted molar refractivity (Wildman–Crippen MR) is 81.1 cm³/mol. The molecule has 1 aliphatic rings. The molecule has 1 unspecified atom stereocenters. The first-order valence-corrected chi connectivity index (χ1v) is 8.85. The van der Waals surface area contributed by atoms with Gasteiger partial charge in [-0.15, -0.1) is 0 Å². The fraction of sp³-hybridized carbons (Fsp3) is 0.667. The fourth-order valence-electron chi connectivity index (χ4n) is 2.45. The third-order valence-corrected chi connectivity index (χ3v) is 6.63. The van der Waals surface area contributed by atoms with Crippen LogP contribution in [0.4, 0.5) is 5.00 Å². The molecule has 21 heavy (non-hydrogen) atoms. The number of carboxylic acid groups (broad SMARTS) is 1. The van der Waals surface area contributed by atoms with Gasteiger partial charge in [-0.3, -0.25) is 0 Å². The van der Waals surface area contributed by atoms with Crippen LogP contribution < -0.4 is 4.31 Å². The van der Waals surface area contributed by atoms with E-state index in [1.54, 1.807) is 6.92 Å². The molecule has 7 nitrogen and oxygen atoms in total. The molecule has 0 spiro atoms. The first-order chi connectivity index (χ1) is 9.75. The number of carboxylic acids is 1. The number of aromatic nitrogens is 1. The Balaban J connectivity index is 2.34. The second-order valence-electron chi connectivity index (χ2n) is 5.33. The topological polar surface area (TPSA) is 90.8 Å². The average Bonchev–Trinajstić information content (AvgIpc) is 2.79. The maximum absolute atomic E-state index is 12.7. The Morgan fingerprint density at radius 3 is 2.76 bits per heavy atom. The number of piperidine rings is 1. The van der Waals surface area contributed by atoms with Crippen LogP contribution in [-0.2, 0) is 10.2 Å². The second kappa shape index (κ2) is 5.90. The Morgan fingerprint density at radius 2 is 2.19 bits per heavy atom. The van der Waals surface area contributed by atoms with Crippen molar-refractivity contribution in [3.63, 3.8) is 0 Å². The highest BCUT2D eigenvalue weighted by atomic mass is 32.2. The van der Waals surface area contributed by atoms with E-state index >= 15 is 0 Å². The molecule has 1 aromatic heterocycles. The maximum Gasteiger partial charge on any atom is 0.340 e. The van der Waals surface area contributed by atoms with Crippen molar-refractivity contribution in [1.29, 1.82) is 0 Å². The first-order valence-electron chi connectivity index (χ1n) is 6.68. The van der Waals surface area contributed by atoms with Gasteiger partial charge in [-0.1, -0.05) is 6.92 Å². The summed E-state index contributed by atoms with van der Waals surface area (Å²) in [7, 11) is -2.33. The Labute approximate surface area is 128 Å². The van der Waals surface area contributed by atoms with E-state index in [1.165, 1.54) is 11.4 Å². The van der Waals surface area contributed by atoms with Crippen LogP contribution in [-0.4, -0.2) is 48.3 Å². The van der Waals surface area contributed by atoms with Crippen molar-refractivity contribution in [2.45, 2.75) is 26.7 Å². The Hall–Kier alpha value is -1.19. The summed E-state index contributed by atoms with van der Waals surface area (Å²) in [6.45, 7) is 4.51. The van der Waals surface area contributed by atoms with Gasteiger partial charge in [0.25, 0.3) is 0 Å². The van der Waals surface area contributed by atoms with Crippen molar-refractivity contribution in [1.82, 2.24) is 8.68 Å². The lowest BCUT2D eigenvalue weighted by Crippen LogP contribution is -2.46. The van der Waals surface area contributed by atoms with Gasteiger partial charge in [-0.2, -0.15) is 17.1 Å². The van der Waals surface area contributed by atoms with Crippen LogP contribution in [0.5, 0.6) is 0 Å². The van der Waals surface area contributed by atoms with E-state index in [0.29, 0.717) is 24.7 Å². The van der Waals surface area contributed by atoms with Crippen molar-refractivity contribution < 1.29 is 18.3 Å². The lowest BCUT2D eigenvalue weighted by molar-refractivity contribution is 0.0697. The van der Waals surface area contributed by atoms with E-state index in [9.17, 15) is 18.3 Å². The molecule has 2 rings (SSSR count). The van der Waals surface area contributed by atoms with Gasteiger partial charge in [0.1, 0.15) is 10.6 Å². The van der Waals surface area contributed by atoms with Crippen LogP contribution in [0.3, 0.4) is 0 Å². The largest absolute Gasteiger partial charge is 0.478 e. The van der Waals surface area contributed by atoms with Gasteiger partial charge in [0.05, 0.1) is 5.69 Å². The van der Waals surface area contributed by atoms with Gasteiger partial charge >= 0.3 is 16.2 Å². The standard InChI is InChI=1S/C12H19N3O4S2/c1-8-5-4-6-15(7-8)21(18,19)14(3)11-10(12(16)17)9(2)13-20-11/h8H,4-7H2,1-3H3,(H,16,17). The van der Waals surface area contributed by atoms with Crippen LogP contribution in [0.25, 0.3) is 0 Å². The zero-order valence-electron chi connectivity index (χ0n) is 12.2. The maximum atomic E-state index is 12.7.